The highest BCUT2D eigenvalue weighted by molar-refractivity contribution is 6.03. The molecule has 1 fully saturated rings. The maximum absolute atomic E-state index is 13.6. The number of benzene rings is 1. The largest absolute Gasteiger partial charge is 0.481 e. The molecule has 1 saturated heterocycles. The molecular formula is C24H29N5O3. The Balaban J connectivity index is 1.96. The molecule has 8 nitrogen and oxygen atoms in total. The molecule has 8 heteroatoms. The predicted molar refractivity (Wildman–Crippen MR) is 123 cm³/mol. The Morgan fingerprint density at radius 2 is 1.91 bits per heavy atom. The number of piperidine rings is 1. The number of rotatable bonds is 5. The number of hydrogen-bond donors (Lipinski definition) is 1. The molecule has 0 unspecified atom stereocenters. The van der Waals surface area contributed by atoms with Gasteiger partial charge in [0.1, 0.15) is 6.07 Å². The van der Waals surface area contributed by atoms with Gasteiger partial charge in [-0.25, -0.2) is 9.78 Å². The number of aromatic nitrogens is 1. The summed E-state index contributed by atoms with van der Waals surface area (Å²) in [4.78, 5) is 33.1. The van der Waals surface area contributed by atoms with Gasteiger partial charge in [0.2, 0.25) is 11.8 Å². The van der Waals surface area contributed by atoms with Crippen LogP contribution < -0.4 is 15.0 Å². The third kappa shape index (κ3) is 4.99. The summed E-state index contributed by atoms with van der Waals surface area (Å²) >= 11 is 0. The molecule has 2 heterocycles. The predicted octanol–water partition coefficient (Wildman–Crippen LogP) is 4.13. The fraction of sp³-hybridized carbons (Fsp3) is 0.417. The molecule has 0 aliphatic carbocycles. The lowest BCUT2D eigenvalue weighted by atomic mass is 9.97. The van der Waals surface area contributed by atoms with Crippen LogP contribution in [0.4, 0.5) is 16.2 Å². The molecule has 3 amide bonds. The Bertz CT molecular complexity index is 1020. The minimum absolute atomic E-state index is 0.0463. The minimum Gasteiger partial charge on any atom is -0.481 e. The van der Waals surface area contributed by atoms with Gasteiger partial charge < -0.3 is 15.0 Å². The zero-order chi connectivity index (χ0) is 23.3. The van der Waals surface area contributed by atoms with Gasteiger partial charge in [0.15, 0.2) is 5.69 Å². The number of nitrogens with one attached hydrogen (secondary N) is 1. The van der Waals surface area contributed by atoms with Crippen molar-refractivity contribution in [1.29, 1.82) is 5.26 Å². The summed E-state index contributed by atoms with van der Waals surface area (Å²) in [5.41, 5.74) is 2.30. The number of pyridine rings is 1. The molecule has 1 aromatic carbocycles. The van der Waals surface area contributed by atoms with E-state index >= 15 is 0 Å². The van der Waals surface area contributed by atoms with Gasteiger partial charge in [-0.1, -0.05) is 32.0 Å². The topological polar surface area (TPSA) is 98.6 Å². The number of para-hydroxylation sites is 1. The van der Waals surface area contributed by atoms with Gasteiger partial charge in [-0.2, -0.15) is 5.26 Å². The number of carbonyl (C=O) groups is 2. The number of hydrogen-bond acceptors (Lipinski definition) is 5. The molecule has 3 rings (SSSR count). The minimum atomic E-state index is -0.331. The van der Waals surface area contributed by atoms with Crippen LogP contribution in [0.25, 0.3) is 0 Å². The van der Waals surface area contributed by atoms with Gasteiger partial charge in [0.25, 0.3) is 0 Å². The second kappa shape index (κ2) is 10.1. The zero-order valence-corrected chi connectivity index (χ0v) is 19.0. The number of carbonyl (C=O) groups excluding carboxylic acids is 2. The summed E-state index contributed by atoms with van der Waals surface area (Å²) in [5.74, 6) is 0.569. The third-order valence-corrected chi connectivity index (χ3v) is 5.74. The number of nitrogens with zero attached hydrogens (tertiary/aromatic N) is 4. The van der Waals surface area contributed by atoms with Crippen molar-refractivity contribution in [3.63, 3.8) is 0 Å². The van der Waals surface area contributed by atoms with Crippen molar-refractivity contribution >= 4 is 23.3 Å². The van der Waals surface area contributed by atoms with Gasteiger partial charge >= 0.3 is 6.03 Å². The van der Waals surface area contributed by atoms with Gasteiger partial charge in [-0.3, -0.25) is 9.69 Å². The monoisotopic (exact) mass is 435 g/mol. The summed E-state index contributed by atoms with van der Waals surface area (Å²) in [5, 5.41) is 12.4. The molecule has 1 aliphatic rings. The molecule has 1 aromatic heterocycles. The molecular weight excluding hydrogens is 406 g/mol. The molecule has 1 N–H and O–H groups in total. The molecule has 0 atom stereocenters. The molecule has 1 aliphatic heterocycles. The van der Waals surface area contributed by atoms with Crippen molar-refractivity contribution in [1.82, 2.24) is 9.88 Å². The van der Waals surface area contributed by atoms with Crippen molar-refractivity contribution in [3.05, 3.63) is 47.7 Å². The van der Waals surface area contributed by atoms with Crippen LogP contribution in [0.1, 0.15) is 50.8 Å². The first-order chi connectivity index (χ1) is 15.3. The van der Waals surface area contributed by atoms with E-state index in [9.17, 15) is 14.9 Å². The Labute approximate surface area is 188 Å². The van der Waals surface area contributed by atoms with Crippen LogP contribution in [0.3, 0.4) is 0 Å². The van der Waals surface area contributed by atoms with E-state index in [2.05, 4.69) is 24.1 Å². The van der Waals surface area contributed by atoms with E-state index in [1.54, 1.807) is 24.0 Å². The van der Waals surface area contributed by atoms with Gasteiger partial charge in [0, 0.05) is 37.8 Å². The standard InChI is InChI=1S/C24H29N5O3/c1-16(2)19-7-5-6-8-22(19)29(18-11-13-28(14-12-18)17(3)30)24(31)27-20-9-10-23(32-4)26-21(20)15-25/h5-10,16,18H,11-14H2,1-4H3,(H,27,31). The first kappa shape index (κ1) is 23.1. The highest BCUT2D eigenvalue weighted by atomic mass is 16.5. The molecule has 0 bridgehead atoms. The Morgan fingerprint density at radius 1 is 1.22 bits per heavy atom. The number of likely N-dealkylation sites (tertiary alicyclic amines) is 1. The van der Waals surface area contributed by atoms with E-state index in [0.717, 1.165) is 11.3 Å². The first-order valence-corrected chi connectivity index (χ1v) is 10.8. The van der Waals surface area contributed by atoms with E-state index in [1.807, 2.05) is 35.2 Å². The maximum Gasteiger partial charge on any atom is 0.326 e. The van der Waals surface area contributed by atoms with Crippen LogP contribution in [-0.2, 0) is 4.79 Å². The van der Waals surface area contributed by atoms with Gasteiger partial charge in [-0.15, -0.1) is 0 Å². The summed E-state index contributed by atoms with van der Waals surface area (Å²) in [6, 6.07) is 12.7. The number of amides is 3. The molecule has 2 aromatic rings. The lowest BCUT2D eigenvalue weighted by Gasteiger charge is -2.39. The highest BCUT2D eigenvalue weighted by Gasteiger charge is 2.32. The van der Waals surface area contributed by atoms with E-state index in [0.29, 0.717) is 37.5 Å². The van der Waals surface area contributed by atoms with Crippen molar-refractivity contribution in [2.45, 2.75) is 45.6 Å². The van der Waals surface area contributed by atoms with Crippen LogP contribution in [0, 0.1) is 11.3 Å². The first-order valence-electron chi connectivity index (χ1n) is 10.8. The van der Waals surface area contributed by atoms with Crippen molar-refractivity contribution < 1.29 is 14.3 Å². The normalized spacial score (nSPS) is 14.1. The van der Waals surface area contributed by atoms with Crippen LogP contribution in [0.15, 0.2) is 36.4 Å². The van der Waals surface area contributed by atoms with Crippen LogP contribution >= 0.6 is 0 Å². The number of urea groups is 1. The third-order valence-electron chi connectivity index (χ3n) is 5.74. The van der Waals surface area contributed by atoms with Crippen molar-refractivity contribution in [2.75, 3.05) is 30.4 Å². The molecule has 0 radical (unpaired) electrons. The second-order valence-electron chi connectivity index (χ2n) is 8.11. The lowest BCUT2D eigenvalue weighted by molar-refractivity contribution is -0.129. The number of anilines is 2. The number of nitriles is 1. The smallest absolute Gasteiger partial charge is 0.326 e. The van der Waals surface area contributed by atoms with Crippen LogP contribution in [0.2, 0.25) is 0 Å². The molecule has 0 spiro atoms. The highest BCUT2D eigenvalue weighted by Crippen LogP contribution is 2.32. The van der Waals surface area contributed by atoms with Gasteiger partial charge in [-0.05, 0) is 36.5 Å². The van der Waals surface area contributed by atoms with E-state index in [1.165, 1.54) is 7.11 Å². The van der Waals surface area contributed by atoms with Crippen LogP contribution in [0.5, 0.6) is 5.88 Å². The quantitative estimate of drug-likeness (QED) is 0.761. The summed E-state index contributed by atoms with van der Waals surface area (Å²) in [7, 11) is 1.47. The fourth-order valence-corrected chi connectivity index (χ4v) is 4.02. The van der Waals surface area contributed by atoms with E-state index in [-0.39, 0.29) is 29.6 Å². The lowest BCUT2D eigenvalue weighted by Crippen LogP contribution is -2.50. The maximum atomic E-state index is 13.6. The molecule has 32 heavy (non-hydrogen) atoms. The van der Waals surface area contributed by atoms with Gasteiger partial charge in [0.05, 0.1) is 12.8 Å². The van der Waals surface area contributed by atoms with Crippen molar-refractivity contribution in [2.24, 2.45) is 0 Å². The number of ether oxygens (including phenoxy) is 1. The second-order valence-corrected chi connectivity index (χ2v) is 8.11. The number of methoxy groups -OCH3 is 1. The Hall–Kier alpha value is -3.60. The van der Waals surface area contributed by atoms with E-state index < -0.39 is 0 Å². The van der Waals surface area contributed by atoms with E-state index in [4.69, 9.17) is 4.74 Å². The summed E-state index contributed by atoms with van der Waals surface area (Å²) in [6.45, 7) is 6.95. The SMILES string of the molecule is COc1ccc(NC(=O)N(c2ccccc2C(C)C)C2CCN(C(C)=O)CC2)c(C#N)n1. The Morgan fingerprint density at radius 3 is 2.50 bits per heavy atom. The Kier molecular flexibility index (Phi) is 7.31. The molecule has 168 valence electrons. The molecule has 0 saturated carbocycles. The fourth-order valence-electron chi connectivity index (χ4n) is 4.02. The summed E-state index contributed by atoms with van der Waals surface area (Å²) < 4.78 is 5.08. The average Bonchev–Trinajstić information content (AvgIpc) is 2.80. The summed E-state index contributed by atoms with van der Waals surface area (Å²) in [6.07, 6.45) is 1.34. The van der Waals surface area contributed by atoms with Crippen molar-refractivity contribution in [3.8, 4) is 11.9 Å². The average molecular weight is 436 g/mol. The zero-order valence-electron chi connectivity index (χ0n) is 19.0. The van der Waals surface area contributed by atoms with Crippen LogP contribution in [-0.4, -0.2) is 48.1 Å².